The molecular formula is C18H19NO4. The van der Waals surface area contributed by atoms with E-state index in [0.717, 1.165) is 24.6 Å². The quantitative estimate of drug-likeness (QED) is 0.826. The Labute approximate surface area is 134 Å². The molecule has 2 N–H and O–H groups in total. The van der Waals surface area contributed by atoms with Gasteiger partial charge in [0.05, 0.1) is 0 Å². The second-order valence-corrected chi connectivity index (χ2v) is 5.77. The van der Waals surface area contributed by atoms with E-state index in [4.69, 9.17) is 4.42 Å². The molecule has 3 rings (SSSR count). The topological polar surface area (TPSA) is 79.5 Å². The van der Waals surface area contributed by atoms with E-state index in [1.54, 1.807) is 18.2 Å². The number of hydrogen-bond donors (Lipinski definition) is 2. The molecule has 2 aromatic rings. The van der Waals surface area contributed by atoms with Crippen LogP contribution in [-0.2, 0) is 11.3 Å². The van der Waals surface area contributed by atoms with Gasteiger partial charge in [-0.15, -0.1) is 0 Å². The van der Waals surface area contributed by atoms with Gasteiger partial charge in [-0.05, 0) is 31.7 Å². The number of carbonyl (C=O) groups excluding carboxylic acids is 1. The monoisotopic (exact) mass is 313 g/mol. The summed E-state index contributed by atoms with van der Waals surface area (Å²) in [7, 11) is 0. The second-order valence-electron chi connectivity index (χ2n) is 5.77. The Morgan fingerprint density at radius 3 is 2.78 bits per heavy atom. The van der Waals surface area contributed by atoms with Crippen LogP contribution in [0.1, 0.15) is 48.2 Å². The standard InChI is InChI=1S/C18H19NO4/c20-16(10-12-6-2-1-3-7-12)19-11-14-13-8-4-5-9-15(13)23-17(14)18(21)22/h4-6,8-9H,1-3,7,10-11H2,(H,19,20)(H,21,22). The number of carboxylic acids is 1. The molecule has 0 atom stereocenters. The average molecular weight is 313 g/mol. The lowest BCUT2D eigenvalue weighted by atomic mass is 9.97. The molecule has 0 bridgehead atoms. The molecule has 0 unspecified atom stereocenters. The number of hydrogen-bond acceptors (Lipinski definition) is 3. The molecule has 0 radical (unpaired) electrons. The van der Waals surface area contributed by atoms with Gasteiger partial charge in [-0.25, -0.2) is 4.79 Å². The van der Waals surface area contributed by atoms with Crippen LogP contribution >= 0.6 is 0 Å². The van der Waals surface area contributed by atoms with Crippen molar-refractivity contribution in [2.45, 2.75) is 38.6 Å². The van der Waals surface area contributed by atoms with Crippen molar-refractivity contribution in [2.75, 3.05) is 0 Å². The molecule has 1 aliphatic rings. The van der Waals surface area contributed by atoms with Crippen LogP contribution in [0.3, 0.4) is 0 Å². The number of rotatable bonds is 5. The zero-order chi connectivity index (χ0) is 16.2. The van der Waals surface area contributed by atoms with Gasteiger partial charge in [0, 0.05) is 23.9 Å². The van der Waals surface area contributed by atoms with Gasteiger partial charge in [0.2, 0.25) is 11.7 Å². The number of carbonyl (C=O) groups is 2. The van der Waals surface area contributed by atoms with Crippen LogP contribution in [0.15, 0.2) is 40.3 Å². The Morgan fingerprint density at radius 2 is 2.04 bits per heavy atom. The molecule has 0 spiro atoms. The van der Waals surface area contributed by atoms with Crippen LogP contribution in [0.2, 0.25) is 0 Å². The first-order valence-corrected chi connectivity index (χ1v) is 7.83. The second kappa shape index (κ2) is 6.69. The fourth-order valence-corrected chi connectivity index (χ4v) is 2.97. The highest BCUT2D eigenvalue weighted by Crippen LogP contribution is 2.26. The fraction of sp³-hybridized carbons (Fsp3) is 0.333. The lowest BCUT2D eigenvalue weighted by Crippen LogP contribution is -2.24. The van der Waals surface area contributed by atoms with Gasteiger partial charge in [-0.1, -0.05) is 29.8 Å². The van der Waals surface area contributed by atoms with Crippen molar-refractivity contribution in [3.8, 4) is 0 Å². The Hall–Kier alpha value is -2.56. The zero-order valence-corrected chi connectivity index (χ0v) is 12.8. The molecule has 5 heteroatoms. The van der Waals surface area contributed by atoms with Gasteiger partial charge >= 0.3 is 5.97 Å². The molecule has 5 nitrogen and oxygen atoms in total. The number of furan rings is 1. The van der Waals surface area contributed by atoms with Gasteiger partial charge in [-0.3, -0.25) is 4.79 Å². The summed E-state index contributed by atoms with van der Waals surface area (Å²) in [6, 6.07) is 7.13. The molecule has 0 saturated heterocycles. The normalized spacial score (nSPS) is 14.5. The maximum atomic E-state index is 12.1. The van der Waals surface area contributed by atoms with Gasteiger partial charge in [0.1, 0.15) is 5.58 Å². The number of carboxylic acid groups (broad SMARTS) is 1. The Kier molecular flexibility index (Phi) is 4.46. The Morgan fingerprint density at radius 1 is 1.22 bits per heavy atom. The summed E-state index contributed by atoms with van der Waals surface area (Å²) in [5, 5.41) is 12.8. The summed E-state index contributed by atoms with van der Waals surface area (Å²) in [6.45, 7) is 0.157. The molecule has 1 aromatic heterocycles. The number of aromatic carboxylic acids is 1. The van der Waals surface area contributed by atoms with Crippen molar-refractivity contribution < 1.29 is 19.1 Å². The average Bonchev–Trinajstić information content (AvgIpc) is 2.93. The largest absolute Gasteiger partial charge is 0.475 e. The summed E-state index contributed by atoms with van der Waals surface area (Å²) in [4.78, 5) is 23.4. The molecule has 1 heterocycles. The molecule has 1 amide bonds. The highest BCUT2D eigenvalue weighted by atomic mass is 16.4. The Balaban J connectivity index is 1.73. The number of fused-ring (bicyclic) bond motifs is 1. The molecule has 0 saturated carbocycles. The van der Waals surface area contributed by atoms with Crippen LogP contribution < -0.4 is 5.32 Å². The van der Waals surface area contributed by atoms with Gasteiger partial charge in [0.25, 0.3) is 0 Å². The maximum absolute atomic E-state index is 12.1. The predicted octanol–water partition coefficient (Wildman–Crippen LogP) is 3.64. The van der Waals surface area contributed by atoms with Crippen LogP contribution in [0, 0.1) is 0 Å². The zero-order valence-electron chi connectivity index (χ0n) is 12.8. The molecule has 120 valence electrons. The first-order valence-electron chi connectivity index (χ1n) is 7.83. The number of para-hydroxylation sites is 1. The van der Waals surface area contributed by atoms with Crippen molar-refractivity contribution in [1.29, 1.82) is 0 Å². The van der Waals surface area contributed by atoms with Crippen molar-refractivity contribution in [3.05, 3.63) is 47.2 Å². The predicted molar refractivity (Wildman–Crippen MR) is 86.2 cm³/mol. The SMILES string of the molecule is O=C(CC1=CCCCC1)NCc1c(C(=O)O)oc2ccccc12. The summed E-state index contributed by atoms with van der Waals surface area (Å²) in [5.74, 6) is -1.32. The highest BCUT2D eigenvalue weighted by Gasteiger charge is 2.20. The third-order valence-corrected chi connectivity index (χ3v) is 4.13. The smallest absolute Gasteiger partial charge is 0.372 e. The van der Waals surface area contributed by atoms with E-state index in [-0.39, 0.29) is 18.2 Å². The molecule has 1 aromatic carbocycles. The highest BCUT2D eigenvalue weighted by molar-refractivity contribution is 5.95. The summed E-state index contributed by atoms with van der Waals surface area (Å²) < 4.78 is 5.38. The number of allylic oxidation sites excluding steroid dienone is 1. The van der Waals surface area contributed by atoms with E-state index in [2.05, 4.69) is 11.4 Å². The van der Waals surface area contributed by atoms with E-state index in [9.17, 15) is 14.7 Å². The molecule has 23 heavy (non-hydrogen) atoms. The van der Waals surface area contributed by atoms with Crippen LogP contribution in [0.25, 0.3) is 11.0 Å². The van der Waals surface area contributed by atoms with E-state index in [0.29, 0.717) is 17.6 Å². The Bertz CT molecular complexity index is 772. The first kappa shape index (κ1) is 15.3. The number of nitrogens with one attached hydrogen (secondary N) is 1. The fourth-order valence-electron chi connectivity index (χ4n) is 2.97. The van der Waals surface area contributed by atoms with Crippen LogP contribution in [-0.4, -0.2) is 17.0 Å². The lowest BCUT2D eigenvalue weighted by molar-refractivity contribution is -0.120. The van der Waals surface area contributed by atoms with Crippen molar-refractivity contribution in [2.24, 2.45) is 0 Å². The number of benzene rings is 1. The van der Waals surface area contributed by atoms with Crippen molar-refractivity contribution in [1.82, 2.24) is 5.32 Å². The molecular weight excluding hydrogens is 294 g/mol. The van der Waals surface area contributed by atoms with Gasteiger partial charge < -0.3 is 14.8 Å². The minimum atomic E-state index is -1.12. The minimum absolute atomic E-state index is 0.0835. The van der Waals surface area contributed by atoms with E-state index in [1.807, 2.05) is 6.07 Å². The lowest BCUT2D eigenvalue weighted by Gasteiger charge is -2.12. The van der Waals surface area contributed by atoms with Crippen LogP contribution in [0.5, 0.6) is 0 Å². The molecule has 0 fully saturated rings. The number of amides is 1. The minimum Gasteiger partial charge on any atom is -0.475 e. The molecule has 0 aliphatic heterocycles. The van der Waals surface area contributed by atoms with Crippen molar-refractivity contribution >= 4 is 22.8 Å². The van der Waals surface area contributed by atoms with E-state index < -0.39 is 5.97 Å². The van der Waals surface area contributed by atoms with Gasteiger partial charge in [0.15, 0.2) is 0 Å². The molecule has 1 aliphatic carbocycles. The van der Waals surface area contributed by atoms with Gasteiger partial charge in [-0.2, -0.15) is 0 Å². The van der Waals surface area contributed by atoms with Crippen LogP contribution in [0.4, 0.5) is 0 Å². The summed E-state index contributed by atoms with van der Waals surface area (Å²) in [6.07, 6.45) is 6.86. The summed E-state index contributed by atoms with van der Waals surface area (Å²) in [5.41, 5.74) is 2.20. The van der Waals surface area contributed by atoms with E-state index in [1.165, 1.54) is 12.0 Å². The van der Waals surface area contributed by atoms with Crippen molar-refractivity contribution in [3.63, 3.8) is 0 Å². The third kappa shape index (κ3) is 3.44. The first-order chi connectivity index (χ1) is 11.1. The van der Waals surface area contributed by atoms with E-state index >= 15 is 0 Å². The third-order valence-electron chi connectivity index (χ3n) is 4.13. The summed E-state index contributed by atoms with van der Waals surface area (Å²) >= 11 is 0. The maximum Gasteiger partial charge on any atom is 0.372 e.